The van der Waals surface area contributed by atoms with Crippen LogP contribution in [-0.4, -0.2) is 40.1 Å². The molecular weight excluding hydrogens is 368 g/mol. The van der Waals surface area contributed by atoms with Gasteiger partial charge in [0.2, 0.25) is 5.91 Å². The van der Waals surface area contributed by atoms with Crippen molar-refractivity contribution in [2.24, 2.45) is 0 Å². The zero-order valence-corrected chi connectivity index (χ0v) is 15.7. The number of anilines is 1. The molecule has 1 amide bonds. The summed E-state index contributed by atoms with van der Waals surface area (Å²) in [6, 6.07) is 10.9. The van der Waals surface area contributed by atoms with Crippen molar-refractivity contribution in [2.75, 3.05) is 24.1 Å². The number of hydrogen-bond acceptors (Lipinski definition) is 5. The molecule has 0 aromatic heterocycles. The van der Waals surface area contributed by atoms with Crippen LogP contribution < -0.4 is 19.1 Å². The zero-order valence-electron chi connectivity index (χ0n) is 14.8. The first-order valence-electron chi connectivity index (χ1n) is 8.82. The van der Waals surface area contributed by atoms with Crippen molar-refractivity contribution in [1.82, 2.24) is 5.32 Å². The minimum Gasteiger partial charge on any atom is -0.486 e. The second-order valence-electron chi connectivity index (χ2n) is 6.35. The Morgan fingerprint density at radius 3 is 2.67 bits per heavy atom. The molecule has 4 rings (SSSR count). The number of nitrogens with zero attached hydrogens (tertiary/aromatic N) is 1. The van der Waals surface area contributed by atoms with Gasteiger partial charge in [0.25, 0.3) is 10.0 Å². The second-order valence-corrected chi connectivity index (χ2v) is 8.16. The van der Waals surface area contributed by atoms with Gasteiger partial charge in [0.15, 0.2) is 11.5 Å². The number of nitrogens with one attached hydrogen (secondary N) is 1. The Kier molecular flexibility index (Phi) is 4.43. The van der Waals surface area contributed by atoms with E-state index in [1.807, 2.05) is 12.1 Å². The van der Waals surface area contributed by atoms with Gasteiger partial charge in [0.1, 0.15) is 19.3 Å². The molecule has 142 valence electrons. The van der Waals surface area contributed by atoms with E-state index in [1.165, 1.54) is 16.4 Å². The largest absolute Gasteiger partial charge is 0.486 e. The quantitative estimate of drug-likeness (QED) is 0.862. The number of amides is 1. The molecular formula is C19H20N2O5S. The molecule has 0 saturated carbocycles. The highest BCUT2D eigenvalue weighted by Gasteiger charge is 2.42. The highest BCUT2D eigenvalue weighted by Crippen LogP contribution is 2.39. The number of ether oxygens (including phenoxy) is 2. The lowest BCUT2D eigenvalue weighted by Gasteiger charge is -2.27. The first-order chi connectivity index (χ1) is 13.0. The summed E-state index contributed by atoms with van der Waals surface area (Å²) in [6.45, 7) is 3.03. The van der Waals surface area contributed by atoms with Gasteiger partial charge in [-0.05, 0) is 30.7 Å². The van der Waals surface area contributed by atoms with Crippen LogP contribution in [0.2, 0.25) is 0 Å². The molecule has 2 aliphatic heterocycles. The lowest BCUT2D eigenvalue weighted by atomic mass is 10.1. The number of likely N-dealkylation sites (N-methyl/N-ethyl adjacent to an activating group) is 1. The Morgan fingerprint density at radius 1 is 1.15 bits per heavy atom. The van der Waals surface area contributed by atoms with E-state index in [1.54, 1.807) is 25.1 Å². The molecule has 0 unspecified atom stereocenters. The standard InChI is InChI=1S/C19H20N2O5S/c1-2-20-19(22)16-11-13-5-3-4-6-15(13)21(16)27(23,24)14-7-8-17-18(12-14)26-10-9-25-17/h3-8,12,16H,2,9-11H2,1H3,(H,20,22)/t16-/m1/s1. The summed E-state index contributed by atoms with van der Waals surface area (Å²) in [7, 11) is -3.96. The molecule has 0 aliphatic carbocycles. The molecule has 7 nitrogen and oxygen atoms in total. The van der Waals surface area contributed by atoms with Gasteiger partial charge < -0.3 is 14.8 Å². The summed E-state index contributed by atoms with van der Waals surface area (Å²) in [4.78, 5) is 12.6. The minimum atomic E-state index is -3.96. The molecule has 2 aliphatic rings. The Bertz CT molecular complexity index is 989. The number of sulfonamides is 1. The zero-order chi connectivity index (χ0) is 19.0. The highest BCUT2D eigenvalue weighted by atomic mass is 32.2. The summed E-state index contributed by atoms with van der Waals surface area (Å²) < 4.78 is 39.1. The molecule has 0 bridgehead atoms. The highest BCUT2D eigenvalue weighted by molar-refractivity contribution is 7.93. The third kappa shape index (κ3) is 2.99. The van der Waals surface area contributed by atoms with Gasteiger partial charge in [0.05, 0.1) is 10.6 Å². The van der Waals surface area contributed by atoms with Crippen molar-refractivity contribution in [3.8, 4) is 11.5 Å². The van der Waals surface area contributed by atoms with Crippen molar-refractivity contribution in [2.45, 2.75) is 24.3 Å². The van der Waals surface area contributed by atoms with Gasteiger partial charge in [-0.1, -0.05) is 18.2 Å². The SMILES string of the molecule is CCNC(=O)[C@H]1Cc2ccccc2N1S(=O)(=O)c1ccc2c(c1)OCCO2. The van der Waals surface area contributed by atoms with E-state index < -0.39 is 16.1 Å². The van der Waals surface area contributed by atoms with E-state index >= 15 is 0 Å². The second kappa shape index (κ2) is 6.77. The van der Waals surface area contributed by atoms with Crippen LogP contribution in [0.5, 0.6) is 11.5 Å². The lowest BCUT2D eigenvalue weighted by Crippen LogP contribution is -2.48. The van der Waals surface area contributed by atoms with E-state index in [-0.39, 0.29) is 10.8 Å². The number of rotatable bonds is 4. The third-order valence-corrected chi connectivity index (χ3v) is 6.47. The molecule has 0 radical (unpaired) electrons. The van der Waals surface area contributed by atoms with Gasteiger partial charge in [-0.25, -0.2) is 8.42 Å². The molecule has 2 aromatic rings. The number of fused-ring (bicyclic) bond motifs is 2. The van der Waals surface area contributed by atoms with Crippen LogP contribution in [0.1, 0.15) is 12.5 Å². The maximum atomic E-state index is 13.5. The van der Waals surface area contributed by atoms with Gasteiger partial charge in [0, 0.05) is 19.0 Å². The summed E-state index contributed by atoms with van der Waals surface area (Å²) >= 11 is 0. The average Bonchev–Trinajstić information content (AvgIpc) is 3.08. The van der Waals surface area contributed by atoms with Crippen LogP contribution in [0, 0.1) is 0 Å². The molecule has 1 atom stereocenters. The topological polar surface area (TPSA) is 84.9 Å². The minimum absolute atomic E-state index is 0.0674. The van der Waals surface area contributed by atoms with E-state index in [4.69, 9.17) is 9.47 Å². The normalized spacial score (nSPS) is 18.1. The lowest BCUT2D eigenvalue weighted by molar-refractivity contribution is -0.121. The van der Waals surface area contributed by atoms with E-state index in [9.17, 15) is 13.2 Å². The van der Waals surface area contributed by atoms with E-state index in [2.05, 4.69) is 5.32 Å². The van der Waals surface area contributed by atoms with Crippen LogP contribution in [0.25, 0.3) is 0 Å². The smallest absolute Gasteiger partial charge is 0.265 e. The third-order valence-electron chi connectivity index (χ3n) is 4.65. The van der Waals surface area contributed by atoms with Gasteiger partial charge >= 0.3 is 0 Å². The summed E-state index contributed by atoms with van der Waals surface area (Å²) in [6.07, 6.45) is 0.339. The fourth-order valence-electron chi connectivity index (χ4n) is 3.44. The van der Waals surface area contributed by atoms with Crippen molar-refractivity contribution in [1.29, 1.82) is 0 Å². The molecule has 0 spiro atoms. The van der Waals surface area contributed by atoms with Gasteiger partial charge in [-0.15, -0.1) is 0 Å². The number of carbonyl (C=O) groups excluding carboxylic acids is 1. The van der Waals surface area contributed by atoms with E-state index in [0.29, 0.717) is 43.4 Å². The fourth-order valence-corrected chi connectivity index (χ4v) is 5.11. The van der Waals surface area contributed by atoms with Gasteiger partial charge in [-0.2, -0.15) is 0 Å². The Labute approximate surface area is 157 Å². The van der Waals surface area contributed by atoms with Crippen molar-refractivity contribution in [3.63, 3.8) is 0 Å². The van der Waals surface area contributed by atoms with Crippen molar-refractivity contribution >= 4 is 21.6 Å². The molecule has 27 heavy (non-hydrogen) atoms. The summed E-state index contributed by atoms with van der Waals surface area (Å²) in [5.74, 6) is 0.599. The molecule has 0 fully saturated rings. The van der Waals surface area contributed by atoms with Crippen LogP contribution in [-0.2, 0) is 21.2 Å². The Balaban J connectivity index is 1.79. The predicted molar refractivity (Wildman–Crippen MR) is 99.7 cm³/mol. The van der Waals surface area contributed by atoms with Crippen LogP contribution in [0.15, 0.2) is 47.4 Å². The number of carbonyl (C=O) groups is 1. The van der Waals surface area contributed by atoms with Crippen LogP contribution >= 0.6 is 0 Å². The Hall–Kier alpha value is -2.74. The number of para-hydroxylation sites is 1. The molecule has 2 aromatic carbocycles. The average molecular weight is 388 g/mol. The van der Waals surface area contributed by atoms with Crippen LogP contribution in [0.4, 0.5) is 5.69 Å². The molecule has 0 saturated heterocycles. The fraction of sp³-hybridized carbons (Fsp3) is 0.316. The maximum absolute atomic E-state index is 13.5. The number of hydrogen-bond donors (Lipinski definition) is 1. The first kappa shape index (κ1) is 17.7. The van der Waals surface area contributed by atoms with Gasteiger partial charge in [-0.3, -0.25) is 9.10 Å². The van der Waals surface area contributed by atoms with Crippen LogP contribution in [0.3, 0.4) is 0 Å². The summed E-state index contributed by atoms with van der Waals surface area (Å²) in [5, 5.41) is 2.74. The molecule has 2 heterocycles. The monoisotopic (exact) mass is 388 g/mol. The van der Waals surface area contributed by atoms with Crippen molar-refractivity contribution in [3.05, 3.63) is 48.0 Å². The Morgan fingerprint density at radius 2 is 1.89 bits per heavy atom. The molecule has 1 N–H and O–H groups in total. The summed E-state index contributed by atoms with van der Waals surface area (Å²) in [5.41, 5.74) is 1.36. The van der Waals surface area contributed by atoms with E-state index in [0.717, 1.165) is 5.56 Å². The predicted octanol–water partition coefficient (Wildman–Crippen LogP) is 1.71. The van der Waals surface area contributed by atoms with Crippen molar-refractivity contribution < 1.29 is 22.7 Å². The number of benzene rings is 2. The maximum Gasteiger partial charge on any atom is 0.265 e. The molecule has 8 heteroatoms. The first-order valence-corrected chi connectivity index (χ1v) is 10.3.